The van der Waals surface area contributed by atoms with Gasteiger partial charge in [0, 0.05) is 10.8 Å². The maximum absolute atomic E-state index is 12.0. The van der Waals surface area contributed by atoms with Crippen LogP contribution in [0.5, 0.6) is 0 Å². The number of amides is 2. The summed E-state index contributed by atoms with van der Waals surface area (Å²) < 4.78 is 0. The highest BCUT2D eigenvalue weighted by Crippen LogP contribution is 2.44. The molecule has 1 unspecified atom stereocenters. The highest BCUT2D eigenvalue weighted by atomic mass is 32.1. The van der Waals surface area contributed by atoms with Crippen LogP contribution in [0.2, 0.25) is 0 Å². The van der Waals surface area contributed by atoms with Gasteiger partial charge in [0.2, 0.25) is 5.91 Å². The number of hydrogen-bond acceptors (Lipinski definition) is 3. The van der Waals surface area contributed by atoms with Crippen molar-refractivity contribution in [3.05, 3.63) is 16.0 Å². The molecular weight excluding hydrogens is 296 g/mol. The molecule has 0 aliphatic heterocycles. The second-order valence-electron chi connectivity index (χ2n) is 7.64. The molecule has 0 aromatic carbocycles. The van der Waals surface area contributed by atoms with Crippen LogP contribution in [0.25, 0.3) is 0 Å². The molecule has 2 aliphatic carbocycles. The summed E-state index contributed by atoms with van der Waals surface area (Å²) >= 11 is 1.55. The number of hydrogen-bond donors (Lipinski definition) is 2. The Balaban J connectivity index is 1.90. The van der Waals surface area contributed by atoms with Crippen molar-refractivity contribution >= 4 is 28.2 Å². The number of primary amides is 1. The Morgan fingerprint density at radius 2 is 1.91 bits per heavy atom. The van der Waals surface area contributed by atoms with E-state index in [1.807, 2.05) is 0 Å². The number of thiophene rings is 1. The van der Waals surface area contributed by atoms with E-state index in [9.17, 15) is 9.59 Å². The third-order valence-electron chi connectivity index (χ3n) is 4.92. The summed E-state index contributed by atoms with van der Waals surface area (Å²) in [5, 5.41) is 3.61. The fourth-order valence-electron chi connectivity index (χ4n) is 3.23. The average molecular weight is 320 g/mol. The Kier molecular flexibility index (Phi) is 3.79. The molecule has 2 aliphatic rings. The SMILES string of the molecule is CC(C)(C)C1CCc2c(sc(NC(=O)C3CC3)c2C(N)=O)C1. The monoisotopic (exact) mass is 320 g/mol. The minimum Gasteiger partial charge on any atom is -0.365 e. The lowest BCUT2D eigenvalue weighted by atomic mass is 9.72. The summed E-state index contributed by atoms with van der Waals surface area (Å²) in [5.41, 5.74) is 7.47. The molecule has 22 heavy (non-hydrogen) atoms. The third-order valence-corrected chi connectivity index (χ3v) is 6.09. The van der Waals surface area contributed by atoms with Crippen molar-refractivity contribution in [2.75, 3.05) is 5.32 Å². The third kappa shape index (κ3) is 2.91. The van der Waals surface area contributed by atoms with Crippen LogP contribution in [-0.2, 0) is 17.6 Å². The molecule has 1 heterocycles. The smallest absolute Gasteiger partial charge is 0.251 e. The number of fused-ring (bicyclic) bond motifs is 1. The molecular formula is C17H24N2O2S. The van der Waals surface area contributed by atoms with Gasteiger partial charge in [-0.3, -0.25) is 9.59 Å². The number of anilines is 1. The molecule has 0 spiro atoms. The van der Waals surface area contributed by atoms with E-state index in [1.165, 1.54) is 4.88 Å². The van der Waals surface area contributed by atoms with Gasteiger partial charge in [0.15, 0.2) is 0 Å². The lowest BCUT2D eigenvalue weighted by molar-refractivity contribution is -0.117. The van der Waals surface area contributed by atoms with Gasteiger partial charge >= 0.3 is 0 Å². The van der Waals surface area contributed by atoms with Crippen LogP contribution in [0, 0.1) is 17.3 Å². The number of rotatable bonds is 3. The van der Waals surface area contributed by atoms with Crippen molar-refractivity contribution in [3.8, 4) is 0 Å². The van der Waals surface area contributed by atoms with E-state index in [2.05, 4.69) is 26.1 Å². The van der Waals surface area contributed by atoms with Gasteiger partial charge in [0.1, 0.15) is 5.00 Å². The fraction of sp³-hybridized carbons (Fsp3) is 0.647. The Hall–Kier alpha value is -1.36. The van der Waals surface area contributed by atoms with Crippen molar-refractivity contribution in [3.63, 3.8) is 0 Å². The first-order valence-electron chi connectivity index (χ1n) is 8.02. The van der Waals surface area contributed by atoms with E-state index < -0.39 is 5.91 Å². The molecule has 0 radical (unpaired) electrons. The lowest BCUT2D eigenvalue weighted by Gasteiger charge is -2.33. The average Bonchev–Trinajstić information content (AvgIpc) is 3.18. The first-order valence-corrected chi connectivity index (χ1v) is 8.84. The van der Waals surface area contributed by atoms with Crippen LogP contribution >= 0.6 is 11.3 Å². The molecule has 0 saturated heterocycles. The second-order valence-corrected chi connectivity index (χ2v) is 8.75. The highest BCUT2D eigenvalue weighted by molar-refractivity contribution is 7.17. The van der Waals surface area contributed by atoms with Crippen LogP contribution in [0.1, 0.15) is 60.8 Å². The lowest BCUT2D eigenvalue weighted by Crippen LogP contribution is -2.27. The Morgan fingerprint density at radius 3 is 2.45 bits per heavy atom. The van der Waals surface area contributed by atoms with E-state index in [0.717, 1.165) is 37.7 Å². The molecule has 1 atom stereocenters. The van der Waals surface area contributed by atoms with Crippen molar-refractivity contribution < 1.29 is 9.59 Å². The van der Waals surface area contributed by atoms with Crippen LogP contribution in [0.4, 0.5) is 5.00 Å². The largest absolute Gasteiger partial charge is 0.365 e. The summed E-state index contributed by atoms with van der Waals surface area (Å²) in [6.45, 7) is 6.79. The first-order chi connectivity index (χ1) is 10.3. The predicted molar refractivity (Wildman–Crippen MR) is 89.2 cm³/mol. The zero-order valence-corrected chi connectivity index (χ0v) is 14.3. The van der Waals surface area contributed by atoms with Gasteiger partial charge < -0.3 is 11.1 Å². The summed E-state index contributed by atoms with van der Waals surface area (Å²) in [6.07, 6.45) is 4.84. The van der Waals surface area contributed by atoms with E-state index in [1.54, 1.807) is 11.3 Å². The van der Waals surface area contributed by atoms with Gasteiger partial charge in [0.25, 0.3) is 5.91 Å². The number of carbonyl (C=O) groups excluding carboxylic acids is 2. The quantitative estimate of drug-likeness (QED) is 0.896. The molecule has 2 amide bonds. The molecule has 1 aromatic rings. The van der Waals surface area contributed by atoms with Crippen molar-refractivity contribution in [2.45, 2.75) is 52.9 Å². The molecule has 3 N–H and O–H groups in total. The molecule has 1 aromatic heterocycles. The summed E-state index contributed by atoms with van der Waals surface area (Å²) in [4.78, 5) is 25.1. The topological polar surface area (TPSA) is 72.2 Å². The minimum absolute atomic E-state index is 0.0356. The Bertz CT molecular complexity index is 623. The summed E-state index contributed by atoms with van der Waals surface area (Å²) in [6, 6.07) is 0. The molecule has 3 rings (SSSR count). The van der Waals surface area contributed by atoms with Gasteiger partial charge in [-0.2, -0.15) is 0 Å². The number of nitrogens with one attached hydrogen (secondary N) is 1. The van der Waals surface area contributed by atoms with Crippen LogP contribution in [0.3, 0.4) is 0 Å². The number of nitrogens with two attached hydrogens (primary N) is 1. The van der Waals surface area contributed by atoms with Crippen LogP contribution in [0.15, 0.2) is 0 Å². The zero-order chi connectivity index (χ0) is 16.1. The highest BCUT2D eigenvalue weighted by Gasteiger charge is 2.35. The second kappa shape index (κ2) is 5.37. The Morgan fingerprint density at radius 1 is 1.23 bits per heavy atom. The molecule has 1 saturated carbocycles. The van der Waals surface area contributed by atoms with E-state index in [-0.39, 0.29) is 17.2 Å². The van der Waals surface area contributed by atoms with Crippen LogP contribution < -0.4 is 11.1 Å². The van der Waals surface area contributed by atoms with Gasteiger partial charge in [-0.25, -0.2) is 0 Å². The van der Waals surface area contributed by atoms with E-state index >= 15 is 0 Å². The van der Waals surface area contributed by atoms with Crippen molar-refractivity contribution in [1.29, 1.82) is 0 Å². The molecule has 1 fully saturated rings. The van der Waals surface area contributed by atoms with E-state index in [0.29, 0.717) is 16.5 Å². The predicted octanol–water partition coefficient (Wildman–Crippen LogP) is 3.35. The zero-order valence-electron chi connectivity index (χ0n) is 13.5. The normalized spacial score (nSPS) is 21.3. The van der Waals surface area contributed by atoms with E-state index in [4.69, 9.17) is 5.73 Å². The maximum Gasteiger partial charge on any atom is 0.251 e. The summed E-state index contributed by atoms with van der Waals surface area (Å²) in [5.74, 6) is 0.347. The van der Waals surface area contributed by atoms with Crippen LogP contribution in [-0.4, -0.2) is 11.8 Å². The standard InChI is InChI=1S/C17H24N2O2S/c1-17(2,3)10-6-7-11-12(8-10)22-16(13(11)14(18)20)19-15(21)9-4-5-9/h9-10H,4-8H2,1-3H3,(H2,18,20)(H,19,21). The molecule has 0 bridgehead atoms. The van der Waals surface area contributed by atoms with Gasteiger partial charge in [-0.15, -0.1) is 11.3 Å². The first kappa shape index (κ1) is 15.5. The van der Waals surface area contributed by atoms with Gasteiger partial charge in [-0.1, -0.05) is 20.8 Å². The maximum atomic E-state index is 12.0. The van der Waals surface area contributed by atoms with Crippen molar-refractivity contribution in [1.82, 2.24) is 0 Å². The molecule has 120 valence electrons. The minimum atomic E-state index is -0.419. The fourth-order valence-corrected chi connectivity index (χ4v) is 4.57. The summed E-state index contributed by atoms with van der Waals surface area (Å²) in [7, 11) is 0. The molecule has 5 heteroatoms. The van der Waals surface area contributed by atoms with Gasteiger partial charge in [-0.05, 0) is 49.0 Å². The Labute approximate surface area is 135 Å². The van der Waals surface area contributed by atoms with Gasteiger partial charge in [0.05, 0.1) is 5.56 Å². The van der Waals surface area contributed by atoms with Crippen molar-refractivity contribution in [2.24, 2.45) is 23.0 Å². The number of carbonyl (C=O) groups is 2. The molecule has 4 nitrogen and oxygen atoms in total.